The van der Waals surface area contributed by atoms with E-state index in [9.17, 15) is 4.79 Å². The molecule has 0 aliphatic carbocycles. The van der Waals surface area contributed by atoms with Crippen molar-refractivity contribution in [1.29, 1.82) is 0 Å². The molecule has 1 aliphatic heterocycles. The fourth-order valence-corrected chi connectivity index (χ4v) is 3.25. The second kappa shape index (κ2) is 5.19. The summed E-state index contributed by atoms with van der Waals surface area (Å²) in [6.07, 6.45) is 2.22. The number of aryl methyl sites for hydroxylation is 1. The molecule has 0 aromatic carbocycles. The van der Waals surface area contributed by atoms with Crippen molar-refractivity contribution >= 4 is 17.2 Å². The number of likely N-dealkylation sites (tertiary alicyclic amines) is 1. The smallest absolute Gasteiger partial charge is 0.264 e. The van der Waals surface area contributed by atoms with Gasteiger partial charge in [-0.1, -0.05) is 0 Å². The summed E-state index contributed by atoms with van der Waals surface area (Å²) < 4.78 is 0. The van der Waals surface area contributed by atoms with Gasteiger partial charge >= 0.3 is 0 Å². The fraction of sp³-hybridized carbons (Fsp3) is 0.615. The molecule has 0 spiro atoms. The van der Waals surface area contributed by atoms with E-state index in [1.807, 2.05) is 30.2 Å². The number of amides is 1. The molecule has 1 aliphatic rings. The monoisotopic (exact) mass is 252 g/mol. The largest absolute Gasteiger partial charge is 0.338 e. The predicted octanol–water partition coefficient (Wildman–Crippen LogP) is 2.26. The second-order valence-electron chi connectivity index (χ2n) is 4.95. The lowest BCUT2D eigenvalue weighted by molar-refractivity contribution is 0.0665. The molecule has 1 fully saturated rings. The lowest BCUT2D eigenvalue weighted by Crippen LogP contribution is -2.45. The fourth-order valence-electron chi connectivity index (χ4n) is 2.36. The van der Waals surface area contributed by atoms with Gasteiger partial charge in [-0.05, 0) is 49.6 Å². The molecule has 1 saturated heterocycles. The Labute approximate surface area is 107 Å². The van der Waals surface area contributed by atoms with Crippen LogP contribution < -0.4 is 5.73 Å². The minimum atomic E-state index is 0.176. The van der Waals surface area contributed by atoms with Crippen molar-refractivity contribution in [3.05, 3.63) is 21.9 Å². The van der Waals surface area contributed by atoms with Gasteiger partial charge in [-0.3, -0.25) is 4.79 Å². The average molecular weight is 252 g/mol. The summed E-state index contributed by atoms with van der Waals surface area (Å²) in [6.45, 7) is 5.72. The minimum Gasteiger partial charge on any atom is -0.338 e. The van der Waals surface area contributed by atoms with Gasteiger partial charge in [0, 0.05) is 19.1 Å². The normalized spacial score (nSPS) is 22.5. The number of rotatable bonds is 2. The van der Waals surface area contributed by atoms with Crippen molar-refractivity contribution < 1.29 is 4.79 Å². The zero-order chi connectivity index (χ0) is 12.4. The van der Waals surface area contributed by atoms with E-state index in [1.165, 1.54) is 11.3 Å². The number of hydrogen-bond acceptors (Lipinski definition) is 3. The van der Waals surface area contributed by atoms with Gasteiger partial charge < -0.3 is 10.6 Å². The Morgan fingerprint density at radius 3 is 3.00 bits per heavy atom. The molecule has 2 rings (SSSR count). The molecule has 2 heterocycles. The third kappa shape index (κ3) is 2.69. The molecule has 2 atom stereocenters. The van der Waals surface area contributed by atoms with Crippen molar-refractivity contribution in [2.75, 3.05) is 13.1 Å². The number of hydrogen-bond donors (Lipinski definition) is 1. The first kappa shape index (κ1) is 12.6. The lowest BCUT2D eigenvalue weighted by atomic mass is 9.92. The zero-order valence-corrected chi connectivity index (χ0v) is 11.3. The summed E-state index contributed by atoms with van der Waals surface area (Å²) in [7, 11) is 0. The van der Waals surface area contributed by atoms with Crippen LogP contribution in [0.25, 0.3) is 0 Å². The molecule has 2 unspecified atom stereocenters. The van der Waals surface area contributed by atoms with Crippen LogP contribution in [0, 0.1) is 12.8 Å². The van der Waals surface area contributed by atoms with E-state index in [4.69, 9.17) is 5.73 Å². The van der Waals surface area contributed by atoms with Gasteiger partial charge in [0.15, 0.2) is 0 Å². The van der Waals surface area contributed by atoms with Crippen molar-refractivity contribution in [2.45, 2.75) is 32.7 Å². The Bertz CT molecular complexity index is 400. The molecule has 0 bridgehead atoms. The first-order valence-corrected chi connectivity index (χ1v) is 7.06. The minimum absolute atomic E-state index is 0.176. The van der Waals surface area contributed by atoms with Crippen LogP contribution in [-0.4, -0.2) is 29.9 Å². The summed E-state index contributed by atoms with van der Waals surface area (Å²) in [4.78, 5) is 15.2. The quantitative estimate of drug-likeness (QED) is 0.877. The SMILES string of the molecule is Cc1ccsc1C(=O)N1CCCC(C(C)N)C1. The molecule has 2 N–H and O–H groups in total. The Balaban J connectivity index is 2.07. The molecule has 0 radical (unpaired) electrons. The average Bonchev–Trinajstić information content (AvgIpc) is 2.74. The Hall–Kier alpha value is -0.870. The predicted molar refractivity (Wildman–Crippen MR) is 71.3 cm³/mol. The number of nitrogens with two attached hydrogens (primary N) is 1. The van der Waals surface area contributed by atoms with E-state index in [1.54, 1.807) is 0 Å². The van der Waals surface area contributed by atoms with Gasteiger partial charge in [-0.15, -0.1) is 11.3 Å². The maximum absolute atomic E-state index is 12.3. The molecule has 0 saturated carbocycles. The van der Waals surface area contributed by atoms with Gasteiger partial charge in [0.1, 0.15) is 0 Å². The van der Waals surface area contributed by atoms with Crippen molar-refractivity contribution in [2.24, 2.45) is 11.7 Å². The number of nitrogens with zero attached hydrogens (tertiary/aromatic N) is 1. The summed E-state index contributed by atoms with van der Waals surface area (Å²) in [5.41, 5.74) is 7.03. The van der Waals surface area contributed by atoms with Gasteiger partial charge in [0.05, 0.1) is 4.88 Å². The van der Waals surface area contributed by atoms with Crippen LogP contribution in [0.3, 0.4) is 0 Å². The molecule has 94 valence electrons. The van der Waals surface area contributed by atoms with Crippen LogP contribution in [-0.2, 0) is 0 Å². The van der Waals surface area contributed by atoms with E-state index >= 15 is 0 Å². The number of carbonyl (C=O) groups is 1. The second-order valence-corrected chi connectivity index (χ2v) is 5.86. The Morgan fingerprint density at radius 2 is 2.41 bits per heavy atom. The van der Waals surface area contributed by atoms with E-state index in [0.717, 1.165) is 36.4 Å². The van der Waals surface area contributed by atoms with E-state index in [2.05, 4.69) is 0 Å². The van der Waals surface area contributed by atoms with Crippen LogP contribution in [0.1, 0.15) is 35.0 Å². The third-order valence-electron chi connectivity index (χ3n) is 3.54. The summed E-state index contributed by atoms with van der Waals surface area (Å²) in [6, 6.07) is 2.18. The summed E-state index contributed by atoms with van der Waals surface area (Å²) in [5.74, 6) is 0.635. The van der Waals surface area contributed by atoms with Crippen LogP contribution >= 0.6 is 11.3 Å². The van der Waals surface area contributed by atoms with Crippen molar-refractivity contribution in [3.63, 3.8) is 0 Å². The molecule has 4 heteroatoms. The Morgan fingerprint density at radius 1 is 1.65 bits per heavy atom. The zero-order valence-electron chi connectivity index (χ0n) is 10.5. The molecule has 3 nitrogen and oxygen atoms in total. The first-order valence-electron chi connectivity index (χ1n) is 6.18. The van der Waals surface area contributed by atoms with Crippen LogP contribution in [0.4, 0.5) is 0 Å². The maximum atomic E-state index is 12.3. The maximum Gasteiger partial charge on any atom is 0.264 e. The highest BCUT2D eigenvalue weighted by Crippen LogP contribution is 2.23. The van der Waals surface area contributed by atoms with Crippen molar-refractivity contribution in [1.82, 2.24) is 4.90 Å². The molecular weight excluding hydrogens is 232 g/mol. The van der Waals surface area contributed by atoms with E-state index in [-0.39, 0.29) is 11.9 Å². The van der Waals surface area contributed by atoms with Gasteiger partial charge in [0.25, 0.3) is 5.91 Å². The number of thiophene rings is 1. The molecule has 1 aromatic heterocycles. The van der Waals surface area contributed by atoms with Gasteiger partial charge in [-0.25, -0.2) is 0 Å². The van der Waals surface area contributed by atoms with Gasteiger partial charge in [0.2, 0.25) is 0 Å². The standard InChI is InChI=1S/C13H20N2OS/c1-9-5-7-17-12(9)13(16)15-6-3-4-11(8-15)10(2)14/h5,7,10-11H,3-4,6,8,14H2,1-2H3. The third-order valence-corrected chi connectivity index (χ3v) is 4.55. The highest BCUT2D eigenvalue weighted by molar-refractivity contribution is 7.12. The highest BCUT2D eigenvalue weighted by atomic mass is 32.1. The highest BCUT2D eigenvalue weighted by Gasteiger charge is 2.27. The van der Waals surface area contributed by atoms with Crippen LogP contribution in [0.2, 0.25) is 0 Å². The molecular formula is C13H20N2OS. The summed E-state index contributed by atoms with van der Waals surface area (Å²) >= 11 is 1.54. The van der Waals surface area contributed by atoms with Crippen LogP contribution in [0.15, 0.2) is 11.4 Å². The van der Waals surface area contributed by atoms with Gasteiger partial charge in [-0.2, -0.15) is 0 Å². The molecule has 1 amide bonds. The molecule has 1 aromatic rings. The lowest BCUT2D eigenvalue weighted by Gasteiger charge is -2.34. The first-order chi connectivity index (χ1) is 8.09. The van der Waals surface area contributed by atoms with E-state index in [0.29, 0.717) is 5.92 Å². The molecule has 17 heavy (non-hydrogen) atoms. The summed E-state index contributed by atoms with van der Waals surface area (Å²) in [5, 5.41) is 1.98. The number of piperidine rings is 1. The van der Waals surface area contributed by atoms with E-state index < -0.39 is 0 Å². The van der Waals surface area contributed by atoms with Crippen molar-refractivity contribution in [3.8, 4) is 0 Å². The topological polar surface area (TPSA) is 46.3 Å². The van der Waals surface area contributed by atoms with Crippen LogP contribution in [0.5, 0.6) is 0 Å². The number of carbonyl (C=O) groups excluding carboxylic acids is 1. The Kier molecular flexibility index (Phi) is 3.84.